The fourth-order valence-electron chi connectivity index (χ4n) is 4.36. The summed E-state index contributed by atoms with van der Waals surface area (Å²) in [4.78, 5) is 0.265. The molecule has 0 N–H and O–H groups in total. The lowest BCUT2D eigenvalue weighted by atomic mass is 10.1. The van der Waals surface area contributed by atoms with Crippen LogP contribution >= 0.6 is 0 Å². The number of sulfonamides is 1. The summed E-state index contributed by atoms with van der Waals surface area (Å²) in [5.74, 6) is 1.16. The quantitative estimate of drug-likeness (QED) is 0.202. The van der Waals surface area contributed by atoms with Gasteiger partial charge in [0.1, 0.15) is 6.61 Å². The molecular formula is C32H29NO4S. The largest absolute Gasteiger partial charge is 0.493 e. The van der Waals surface area contributed by atoms with Crippen molar-refractivity contribution in [1.82, 2.24) is 4.31 Å². The summed E-state index contributed by atoms with van der Waals surface area (Å²) in [5.41, 5.74) is 2.74. The van der Waals surface area contributed by atoms with E-state index < -0.39 is 10.0 Å². The minimum Gasteiger partial charge on any atom is -0.493 e. The van der Waals surface area contributed by atoms with Crippen LogP contribution < -0.4 is 9.47 Å². The van der Waals surface area contributed by atoms with Crippen molar-refractivity contribution in [2.75, 3.05) is 7.11 Å². The maximum Gasteiger partial charge on any atom is 0.243 e. The van der Waals surface area contributed by atoms with Crippen molar-refractivity contribution in [3.05, 3.63) is 138 Å². The SMILES string of the molecule is COc1ccc(CN(Cc2ccccc2)S(=O)(=O)c2ccc3ccccc3c2)cc1OCc1ccccc1. The van der Waals surface area contributed by atoms with Crippen LogP contribution in [0.5, 0.6) is 11.5 Å². The smallest absolute Gasteiger partial charge is 0.243 e. The molecule has 38 heavy (non-hydrogen) atoms. The lowest BCUT2D eigenvalue weighted by Gasteiger charge is -2.23. The number of rotatable bonds is 10. The summed E-state index contributed by atoms with van der Waals surface area (Å²) < 4.78 is 41.0. The van der Waals surface area contributed by atoms with Crippen molar-refractivity contribution in [2.45, 2.75) is 24.6 Å². The number of fused-ring (bicyclic) bond motifs is 1. The molecule has 5 nitrogen and oxygen atoms in total. The molecule has 0 saturated heterocycles. The van der Waals surface area contributed by atoms with E-state index in [9.17, 15) is 8.42 Å². The van der Waals surface area contributed by atoms with Gasteiger partial charge in [-0.2, -0.15) is 4.31 Å². The van der Waals surface area contributed by atoms with E-state index in [1.807, 2.05) is 109 Å². The third-order valence-electron chi connectivity index (χ3n) is 6.38. The zero-order valence-electron chi connectivity index (χ0n) is 21.2. The summed E-state index contributed by atoms with van der Waals surface area (Å²) in [5, 5.41) is 1.88. The minimum absolute atomic E-state index is 0.176. The van der Waals surface area contributed by atoms with Gasteiger partial charge in [-0.05, 0) is 51.7 Å². The molecule has 0 radical (unpaired) electrons. The average molecular weight is 524 g/mol. The van der Waals surface area contributed by atoms with Crippen molar-refractivity contribution in [3.63, 3.8) is 0 Å². The van der Waals surface area contributed by atoms with Gasteiger partial charge in [0.05, 0.1) is 12.0 Å². The van der Waals surface area contributed by atoms with E-state index >= 15 is 0 Å². The van der Waals surface area contributed by atoms with Gasteiger partial charge in [0.2, 0.25) is 10.0 Å². The standard InChI is InChI=1S/C32H29NO4S/c1-36-31-19-16-27(20-32(31)37-24-26-12-6-3-7-13-26)23-33(22-25-10-4-2-5-11-25)38(34,35)30-18-17-28-14-8-9-15-29(28)21-30/h2-21H,22-24H2,1H3. The van der Waals surface area contributed by atoms with Gasteiger partial charge in [-0.15, -0.1) is 0 Å². The van der Waals surface area contributed by atoms with Crippen LogP contribution in [-0.2, 0) is 29.7 Å². The lowest BCUT2D eigenvalue weighted by Crippen LogP contribution is -2.30. The highest BCUT2D eigenvalue weighted by molar-refractivity contribution is 7.89. The van der Waals surface area contributed by atoms with E-state index in [-0.39, 0.29) is 18.0 Å². The normalized spacial score (nSPS) is 11.5. The van der Waals surface area contributed by atoms with E-state index in [2.05, 4.69) is 0 Å². The molecule has 0 unspecified atom stereocenters. The Labute approximate surface area is 223 Å². The molecule has 0 bridgehead atoms. The topological polar surface area (TPSA) is 55.8 Å². The zero-order valence-corrected chi connectivity index (χ0v) is 22.0. The Kier molecular flexibility index (Phi) is 7.73. The maximum absolute atomic E-state index is 14.0. The minimum atomic E-state index is -3.81. The second kappa shape index (κ2) is 11.5. The fraction of sp³-hybridized carbons (Fsp3) is 0.125. The van der Waals surface area contributed by atoms with Crippen molar-refractivity contribution < 1.29 is 17.9 Å². The molecule has 6 heteroatoms. The van der Waals surface area contributed by atoms with E-state index in [1.165, 1.54) is 4.31 Å². The highest BCUT2D eigenvalue weighted by Crippen LogP contribution is 2.31. The molecule has 5 rings (SSSR count). The second-order valence-corrected chi connectivity index (χ2v) is 11.0. The van der Waals surface area contributed by atoms with Crippen LogP contribution in [-0.4, -0.2) is 19.8 Å². The van der Waals surface area contributed by atoms with Gasteiger partial charge in [-0.1, -0.05) is 97.1 Å². The predicted molar refractivity (Wildman–Crippen MR) is 151 cm³/mol. The van der Waals surface area contributed by atoms with Gasteiger partial charge in [0.15, 0.2) is 11.5 Å². The highest BCUT2D eigenvalue weighted by atomic mass is 32.2. The van der Waals surface area contributed by atoms with Crippen molar-refractivity contribution in [1.29, 1.82) is 0 Å². The first-order valence-electron chi connectivity index (χ1n) is 12.4. The molecule has 0 saturated carbocycles. The molecule has 0 aliphatic carbocycles. The molecule has 0 aliphatic rings. The molecule has 0 fully saturated rings. The maximum atomic E-state index is 14.0. The molecule has 192 valence electrons. The number of benzene rings is 5. The van der Waals surface area contributed by atoms with E-state index in [4.69, 9.17) is 9.47 Å². The lowest BCUT2D eigenvalue weighted by molar-refractivity contribution is 0.283. The fourth-order valence-corrected chi connectivity index (χ4v) is 5.81. The predicted octanol–water partition coefficient (Wildman–Crippen LogP) is 6.82. The van der Waals surface area contributed by atoms with Crippen molar-refractivity contribution in [3.8, 4) is 11.5 Å². The van der Waals surface area contributed by atoms with Crippen LogP contribution in [0.2, 0.25) is 0 Å². The molecule has 5 aromatic carbocycles. The number of hydrogen-bond acceptors (Lipinski definition) is 4. The van der Waals surface area contributed by atoms with Crippen molar-refractivity contribution in [2.24, 2.45) is 0 Å². The van der Waals surface area contributed by atoms with Crippen LogP contribution in [0.3, 0.4) is 0 Å². The third-order valence-corrected chi connectivity index (χ3v) is 8.17. The van der Waals surface area contributed by atoms with Gasteiger partial charge in [0.25, 0.3) is 0 Å². The Morgan fingerprint density at radius 3 is 1.95 bits per heavy atom. The molecule has 0 atom stereocenters. The average Bonchev–Trinajstić information content (AvgIpc) is 2.96. The first-order chi connectivity index (χ1) is 18.5. The monoisotopic (exact) mass is 523 g/mol. The molecule has 5 aromatic rings. The van der Waals surface area contributed by atoms with Gasteiger partial charge >= 0.3 is 0 Å². The van der Waals surface area contributed by atoms with Crippen LogP contribution in [0.15, 0.2) is 126 Å². The van der Waals surface area contributed by atoms with Gasteiger partial charge < -0.3 is 9.47 Å². The Morgan fingerprint density at radius 1 is 0.605 bits per heavy atom. The number of ether oxygens (including phenoxy) is 2. The highest BCUT2D eigenvalue weighted by Gasteiger charge is 2.26. The first-order valence-corrected chi connectivity index (χ1v) is 13.8. The van der Waals surface area contributed by atoms with Crippen molar-refractivity contribution >= 4 is 20.8 Å². The molecule has 0 aromatic heterocycles. The van der Waals surface area contributed by atoms with Gasteiger partial charge in [-0.3, -0.25) is 0 Å². The summed E-state index contributed by atoms with van der Waals surface area (Å²) in [6.07, 6.45) is 0. The third kappa shape index (κ3) is 5.88. The van der Waals surface area contributed by atoms with E-state index in [1.54, 1.807) is 19.2 Å². The molecule has 0 heterocycles. The Hall–Kier alpha value is -4.13. The van der Waals surface area contributed by atoms with E-state index in [0.717, 1.165) is 27.5 Å². The van der Waals surface area contributed by atoms with Gasteiger partial charge in [0, 0.05) is 13.1 Å². The van der Waals surface area contributed by atoms with Crippen LogP contribution in [0.25, 0.3) is 10.8 Å². The molecule has 0 amide bonds. The molecule has 0 spiro atoms. The summed E-state index contributed by atoms with van der Waals surface area (Å²) in [6, 6.07) is 38.1. The van der Waals surface area contributed by atoms with Gasteiger partial charge in [-0.25, -0.2) is 8.42 Å². The Morgan fingerprint density at radius 2 is 1.24 bits per heavy atom. The first kappa shape index (κ1) is 25.5. The summed E-state index contributed by atoms with van der Waals surface area (Å²) >= 11 is 0. The van der Waals surface area contributed by atoms with Crippen LogP contribution in [0, 0.1) is 0 Å². The van der Waals surface area contributed by atoms with Crippen LogP contribution in [0.1, 0.15) is 16.7 Å². The summed E-state index contributed by atoms with van der Waals surface area (Å²) in [6.45, 7) is 0.793. The zero-order chi connectivity index (χ0) is 26.4. The number of nitrogens with zero attached hydrogens (tertiary/aromatic N) is 1. The van der Waals surface area contributed by atoms with E-state index in [0.29, 0.717) is 18.1 Å². The number of methoxy groups -OCH3 is 1. The Balaban J connectivity index is 1.47. The Bertz CT molecular complexity index is 1620. The molecule has 0 aliphatic heterocycles. The van der Waals surface area contributed by atoms with Crippen LogP contribution in [0.4, 0.5) is 0 Å². The molecular weight excluding hydrogens is 494 g/mol. The summed E-state index contributed by atoms with van der Waals surface area (Å²) in [7, 11) is -2.22. The second-order valence-electron chi connectivity index (χ2n) is 9.03. The number of hydrogen-bond donors (Lipinski definition) is 0.